The highest BCUT2D eigenvalue weighted by atomic mass is 16.5. The molecule has 0 bridgehead atoms. The summed E-state index contributed by atoms with van der Waals surface area (Å²) in [6.45, 7) is 2.74. The van der Waals surface area contributed by atoms with Crippen molar-refractivity contribution in [2.75, 3.05) is 32.2 Å². The lowest BCUT2D eigenvalue weighted by Crippen LogP contribution is -2.48. The van der Waals surface area contributed by atoms with Gasteiger partial charge in [0, 0.05) is 24.4 Å². The van der Waals surface area contributed by atoms with Gasteiger partial charge in [-0.2, -0.15) is 0 Å². The minimum Gasteiger partial charge on any atom is -0.467 e. The van der Waals surface area contributed by atoms with Crippen molar-refractivity contribution >= 4 is 23.5 Å². The molecule has 0 spiro atoms. The number of nitrogens with zero attached hydrogens (tertiary/aromatic N) is 1. The van der Waals surface area contributed by atoms with E-state index in [0.29, 0.717) is 30.8 Å². The average molecular weight is 348 g/mol. The second-order valence-electron chi connectivity index (χ2n) is 5.80. The number of likely N-dealkylation sites (tertiary alicyclic amines) is 1. The summed E-state index contributed by atoms with van der Waals surface area (Å²) >= 11 is 0. The van der Waals surface area contributed by atoms with E-state index in [4.69, 9.17) is 9.47 Å². The molecule has 0 unspecified atom stereocenters. The first-order valence-electron chi connectivity index (χ1n) is 8.43. The molecule has 25 heavy (non-hydrogen) atoms. The van der Waals surface area contributed by atoms with Gasteiger partial charge >= 0.3 is 5.97 Å². The van der Waals surface area contributed by atoms with Crippen molar-refractivity contribution in [2.45, 2.75) is 32.2 Å². The molecule has 7 nitrogen and oxygen atoms in total. The van der Waals surface area contributed by atoms with Crippen molar-refractivity contribution in [3.8, 4) is 0 Å². The van der Waals surface area contributed by atoms with E-state index in [1.165, 1.54) is 7.11 Å². The van der Waals surface area contributed by atoms with E-state index in [9.17, 15) is 14.4 Å². The van der Waals surface area contributed by atoms with Crippen LogP contribution in [0.2, 0.25) is 0 Å². The van der Waals surface area contributed by atoms with Crippen molar-refractivity contribution < 1.29 is 23.9 Å². The van der Waals surface area contributed by atoms with Crippen molar-refractivity contribution in [3.63, 3.8) is 0 Å². The molecule has 1 atom stereocenters. The van der Waals surface area contributed by atoms with Gasteiger partial charge in [0.15, 0.2) is 0 Å². The standard InChI is InChI=1S/C18H24N2O5/c1-3-25-12-16(21)19-14-8-6-7-13(11-14)17(22)20-10-5-4-9-15(20)18(23)24-2/h6-8,11,15H,3-5,9-10,12H2,1-2H3,(H,19,21)/t15-/m0/s1. The SMILES string of the molecule is CCOCC(=O)Nc1cccc(C(=O)N2CCCC[C@H]2C(=O)OC)c1. The molecule has 1 N–H and O–H groups in total. The van der Waals surface area contributed by atoms with Crippen LogP contribution in [-0.2, 0) is 19.1 Å². The molecular weight excluding hydrogens is 324 g/mol. The van der Waals surface area contributed by atoms with Crippen LogP contribution in [0.1, 0.15) is 36.5 Å². The number of amides is 2. The van der Waals surface area contributed by atoms with Crippen LogP contribution in [0.25, 0.3) is 0 Å². The molecule has 0 aromatic heterocycles. The second kappa shape index (κ2) is 9.17. The zero-order valence-electron chi connectivity index (χ0n) is 14.6. The van der Waals surface area contributed by atoms with Gasteiger partial charge in [-0.3, -0.25) is 9.59 Å². The largest absolute Gasteiger partial charge is 0.467 e. The number of hydrogen-bond donors (Lipinski definition) is 1. The fourth-order valence-electron chi connectivity index (χ4n) is 2.84. The third-order valence-electron chi connectivity index (χ3n) is 4.07. The summed E-state index contributed by atoms with van der Waals surface area (Å²) in [5.74, 6) is -0.915. The average Bonchev–Trinajstić information content (AvgIpc) is 2.65. The van der Waals surface area contributed by atoms with Gasteiger partial charge in [-0.25, -0.2) is 4.79 Å². The Morgan fingerprint density at radius 3 is 2.80 bits per heavy atom. The van der Waals surface area contributed by atoms with Crippen LogP contribution in [0.3, 0.4) is 0 Å². The molecular formula is C18H24N2O5. The van der Waals surface area contributed by atoms with Crippen LogP contribution in [-0.4, -0.2) is 55.6 Å². The number of methoxy groups -OCH3 is 1. The summed E-state index contributed by atoms with van der Waals surface area (Å²) in [7, 11) is 1.33. The van der Waals surface area contributed by atoms with Crippen LogP contribution in [0.4, 0.5) is 5.69 Å². The van der Waals surface area contributed by atoms with Crippen molar-refractivity contribution in [2.24, 2.45) is 0 Å². The molecule has 7 heteroatoms. The van der Waals surface area contributed by atoms with Gasteiger partial charge in [-0.05, 0) is 44.4 Å². The van der Waals surface area contributed by atoms with Crippen molar-refractivity contribution in [1.29, 1.82) is 0 Å². The zero-order valence-corrected chi connectivity index (χ0v) is 14.6. The Bertz CT molecular complexity index is 632. The number of anilines is 1. The third kappa shape index (κ3) is 5.03. The van der Waals surface area contributed by atoms with E-state index in [-0.39, 0.29) is 18.4 Å². The maximum atomic E-state index is 12.8. The highest BCUT2D eigenvalue weighted by Crippen LogP contribution is 2.22. The summed E-state index contributed by atoms with van der Waals surface area (Å²) in [6.07, 6.45) is 2.34. The zero-order chi connectivity index (χ0) is 18.2. The number of ether oxygens (including phenoxy) is 2. The highest BCUT2D eigenvalue weighted by Gasteiger charge is 2.33. The lowest BCUT2D eigenvalue weighted by atomic mass is 10.0. The Balaban J connectivity index is 2.11. The Labute approximate surface area is 147 Å². The van der Waals surface area contributed by atoms with Crippen LogP contribution in [0, 0.1) is 0 Å². The van der Waals surface area contributed by atoms with Crippen molar-refractivity contribution in [3.05, 3.63) is 29.8 Å². The van der Waals surface area contributed by atoms with Gasteiger partial charge in [0.05, 0.1) is 7.11 Å². The normalized spacial score (nSPS) is 17.0. The monoisotopic (exact) mass is 348 g/mol. The first-order chi connectivity index (χ1) is 12.1. The fraction of sp³-hybridized carbons (Fsp3) is 0.500. The van der Waals surface area contributed by atoms with E-state index in [1.807, 2.05) is 6.92 Å². The van der Waals surface area contributed by atoms with Crippen LogP contribution < -0.4 is 5.32 Å². The van der Waals surface area contributed by atoms with Gasteiger partial charge in [-0.15, -0.1) is 0 Å². The van der Waals surface area contributed by atoms with E-state index >= 15 is 0 Å². The van der Waals surface area contributed by atoms with E-state index in [2.05, 4.69) is 5.32 Å². The topological polar surface area (TPSA) is 84.9 Å². The predicted octanol–water partition coefficient (Wildman–Crippen LogP) is 1.83. The third-order valence-corrected chi connectivity index (χ3v) is 4.07. The maximum absolute atomic E-state index is 12.8. The van der Waals surface area contributed by atoms with Gasteiger partial charge in [0.1, 0.15) is 12.6 Å². The van der Waals surface area contributed by atoms with Gasteiger partial charge in [0.25, 0.3) is 5.91 Å². The molecule has 2 amide bonds. The number of piperidine rings is 1. The van der Waals surface area contributed by atoms with E-state index < -0.39 is 12.0 Å². The van der Waals surface area contributed by atoms with Gasteiger partial charge in [0.2, 0.25) is 5.91 Å². The lowest BCUT2D eigenvalue weighted by Gasteiger charge is -2.33. The maximum Gasteiger partial charge on any atom is 0.328 e. The molecule has 1 saturated heterocycles. The smallest absolute Gasteiger partial charge is 0.328 e. The van der Waals surface area contributed by atoms with Crippen LogP contribution in [0.15, 0.2) is 24.3 Å². The quantitative estimate of drug-likeness (QED) is 0.793. The van der Waals surface area contributed by atoms with Crippen molar-refractivity contribution in [1.82, 2.24) is 4.90 Å². The molecule has 136 valence electrons. The summed E-state index contributed by atoms with van der Waals surface area (Å²) in [6, 6.07) is 6.12. The summed E-state index contributed by atoms with van der Waals surface area (Å²) in [5, 5.41) is 2.69. The Morgan fingerprint density at radius 2 is 2.08 bits per heavy atom. The number of esters is 1. The minimum atomic E-state index is -0.553. The lowest BCUT2D eigenvalue weighted by molar-refractivity contribution is -0.147. The number of benzene rings is 1. The number of rotatable bonds is 6. The molecule has 1 fully saturated rings. The molecule has 1 aromatic rings. The molecule has 2 rings (SSSR count). The number of nitrogens with one attached hydrogen (secondary N) is 1. The van der Waals surface area contributed by atoms with E-state index in [1.54, 1.807) is 29.2 Å². The molecule has 1 heterocycles. The molecule has 1 aliphatic heterocycles. The first-order valence-corrected chi connectivity index (χ1v) is 8.43. The Kier molecular flexibility index (Phi) is 6.94. The van der Waals surface area contributed by atoms with Crippen LogP contribution in [0.5, 0.6) is 0 Å². The number of hydrogen-bond acceptors (Lipinski definition) is 5. The van der Waals surface area contributed by atoms with Gasteiger partial charge in [-0.1, -0.05) is 6.07 Å². The fourth-order valence-corrected chi connectivity index (χ4v) is 2.84. The Morgan fingerprint density at radius 1 is 1.28 bits per heavy atom. The summed E-state index contributed by atoms with van der Waals surface area (Å²) < 4.78 is 9.87. The summed E-state index contributed by atoms with van der Waals surface area (Å²) in [5.41, 5.74) is 0.937. The first kappa shape index (κ1) is 18.9. The Hall–Kier alpha value is -2.41. The molecule has 0 saturated carbocycles. The molecule has 0 radical (unpaired) electrons. The molecule has 1 aromatic carbocycles. The summed E-state index contributed by atoms with van der Waals surface area (Å²) in [4.78, 5) is 38.1. The number of carbonyl (C=O) groups is 3. The molecule has 1 aliphatic rings. The number of carbonyl (C=O) groups excluding carboxylic acids is 3. The van der Waals surface area contributed by atoms with E-state index in [0.717, 1.165) is 12.8 Å². The molecule has 0 aliphatic carbocycles. The minimum absolute atomic E-state index is 0.0365. The second-order valence-corrected chi connectivity index (χ2v) is 5.80. The highest BCUT2D eigenvalue weighted by molar-refractivity contribution is 5.99. The van der Waals surface area contributed by atoms with Crippen LogP contribution >= 0.6 is 0 Å². The van der Waals surface area contributed by atoms with Gasteiger partial charge < -0.3 is 19.7 Å². The predicted molar refractivity (Wildman–Crippen MR) is 92.3 cm³/mol.